The van der Waals surface area contributed by atoms with Gasteiger partial charge in [-0.15, -0.1) is 0 Å². The van der Waals surface area contributed by atoms with Crippen molar-refractivity contribution in [3.63, 3.8) is 0 Å². The summed E-state index contributed by atoms with van der Waals surface area (Å²) in [7, 11) is 0. The number of benzene rings is 2. The maximum absolute atomic E-state index is 13.4. The minimum Gasteiger partial charge on any atom is -0.506 e. The number of rotatable bonds is 3. The van der Waals surface area contributed by atoms with E-state index in [0.717, 1.165) is 0 Å². The maximum Gasteiger partial charge on any atom is 0.251 e. The van der Waals surface area contributed by atoms with Gasteiger partial charge in [0, 0.05) is 17.7 Å². The molecule has 0 aliphatic rings. The summed E-state index contributed by atoms with van der Waals surface area (Å²) in [5.41, 5.74) is 0.708. The number of nitrogens with one attached hydrogen (secondary N) is 1. The normalized spacial score (nSPS) is 10.2. The fourth-order valence-corrected chi connectivity index (χ4v) is 1.75. The zero-order valence-corrected chi connectivity index (χ0v) is 10.6. The second kappa shape index (κ2) is 5.71. The molecule has 0 spiro atoms. The highest BCUT2D eigenvalue weighted by molar-refractivity contribution is 6.32. The van der Waals surface area contributed by atoms with E-state index in [1.807, 2.05) is 0 Å². The van der Waals surface area contributed by atoms with Gasteiger partial charge in [-0.1, -0.05) is 29.8 Å². The van der Waals surface area contributed by atoms with Gasteiger partial charge in [-0.05, 0) is 24.3 Å². The lowest BCUT2D eigenvalue weighted by Crippen LogP contribution is -2.23. The molecule has 5 heteroatoms. The predicted octanol–water partition coefficient (Wildman–Crippen LogP) is 3.11. The Labute approximate surface area is 114 Å². The first-order valence-corrected chi connectivity index (χ1v) is 5.96. The first-order valence-electron chi connectivity index (χ1n) is 5.58. The van der Waals surface area contributed by atoms with Gasteiger partial charge in [0.15, 0.2) is 0 Å². The van der Waals surface area contributed by atoms with Crippen LogP contribution in [0, 0.1) is 5.82 Å². The lowest BCUT2D eigenvalue weighted by Gasteiger charge is -2.07. The summed E-state index contributed by atoms with van der Waals surface area (Å²) in [4.78, 5) is 11.8. The Morgan fingerprint density at radius 2 is 2.00 bits per heavy atom. The molecule has 0 saturated heterocycles. The Hall–Kier alpha value is -2.07. The Morgan fingerprint density at radius 1 is 1.26 bits per heavy atom. The van der Waals surface area contributed by atoms with Gasteiger partial charge in [-0.25, -0.2) is 4.39 Å². The summed E-state index contributed by atoms with van der Waals surface area (Å²) in [5.74, 6) is -0.844. The molecule has 2 aromatic carbocycles. The number of carbonyl (C=O) groups excluding carboxylic acids is 1. The molecule has 0 aliphatic carbocycles. The topological polar surface area (TPSA) is 49.3 Å². The fourth-order valence-electron chi connectivity index (χ4n) is 1.57. The number of hydrogen-bond acceptors (Lipinski definition) is 2. The molecule has 2 aromatic rings. The molecule has 0 unspecified atom stereocenters. The predicted molar refractivity (Wildman–Crippen MR) is 70.7 cm³/mol. The fraction of sp³-hybridized carbons (Fsp3) is 0.0714. The van der Waals surface area contributed by atoms with Crippen LogP contribution in [0.3, 0.4) is 0 Å². The van der Waals surface area contributed by atoms with Crippen LogP contribution in [0.4, 0.5) is 4.39 Å². The van der Waals surface area contributed by atoms with Crippen molar-refractivity contribution < 1.29 is 14.3 Å². The number of hydrogen-bond donors (Lipinski definition) is 2. The van der Waals surface area contributed by atoms with E-state index >= 15 is 0 Å². The molecule has 2 rings (SSSR count). The highest BCUT2D eigenvalue weighted by atomic mass is 35.5. The first-order chi connectivity index (χ1) is 9.08. The number of aromatic hydroxyl groups is 1. The zero-order valence-electron chi connectivity index (χ0n) is 9.86. The second-order valence-electron chi connectivity index (χ2n) is 3.94. The molecule has 0 bridgehead atoms. The van der Waals surface area contributed by atoms with E-state index in [-0.39, 0.29) is 29.0 Å². The Balaban J connectivity index is 2.05. The van der Waals surface area contributed by atoms with Crippen molar-refractivity contribution in [2.75, 3.05) is 0 Å². The van der Waals surface area contributed by atoms with E-state index in [1.165, 1.54) is 24.3 Å². The second-order valence-corrected chi connectivity index (χ2v) is 4.35. The number of phenolic OH excluding ortho intramolecular Hbond substituents is 1. The SMILES string of the molecule is O=C(NCc1ccccc1F)c1ccc(O)c(Cl)c1. The standard InChI is InChI=1S/C14H11ClFNO2/c15-11-7-9(5-6-13(11)18)14(19)17-8-10-3-1-2-4-12(10)16/h1-7,18H,8H2,(H,17,19). The molecule has 19 heavy (non-hydrogen) atoms. The number of phenols is 1. The highest BCUT2D eigenvalue weighted by Crippen LogP contribution is 2.23. The Morgan fingerprint density at radius 3 is 2.68 bits per heavy atom. The van der Waals surface area contributed by atoms with Gasteiger partial charge in [0.1, 0.15) is 11.6 Å². The van der Waals surface area contributed by atoms with Crippen LogP contribution in [-0.2, 0) is 6.54 Å². The summed E-state index contributed by atoms with van der Waals surface area (Å²) >= 11 is 5.71. The van der Waals surface area contributed by atoms with Gasteiger partial charge in [0.05, 0.1) is 5.02 Å². The summed E-state index contributed by atoms with van der Waals surface area (Å²) < 4.78 is 13.4. The van der Waals surface area contributed by atoms with Crippen molar-refractivity contribution >= 4 is 17.5 Å². The van der Waals surface area contributed by atoms with E-state index in [9.17, 15) is 14.3 Å². The third-order valence-corrected chi connectivity index (χ3v) is 2.91. The minimum absolute atomic E-state index is 0.0873. The van der Waals surface area contributed by atoms with Crippen LogP contribution in [0.1, 0.15) is 15.9 Å². The molecule has 0 aliphatic heterocycles. The van der Waals surface area contributed by atoms with E-state index in [2.05, 4.69) is 5.32 Å². The Bertz CT molecular complexity index is 616. The van der Waals surface area contributed by atoms with Crippen molar-refractivity contribution in [1.82, 2.24) is 5.32 Å². The molecule has 98 valence electrons. The molecule has 0 fully saturated rings. The molecule has 0 heterocycles. The molecule has 2 N–H and O–H groups in total. The van der Waals surface area contributed by atoms with Crippen molar-refractivity contribution in [3.8, 4) is 5.75 Å². The summed E-state index contributed by atoms with van der Waals surface area (Å²) in [6, 6.07) is 10.3. The van der Waals surface area contributed by atoms with Gasteiger partial charge in [0.25, 0.3) is 5.91 Å². The van der Waals surface area contributed by atoms with Crippen LogP contribution in [0.15, 0.2) is 42.5 Å². The average Bonchev–Trinajstić information content (AvgIpc) is 2.40. The molecule has 0 aromatic heterocycles. The van der Waals surface area contributed by atoms with Crippen LogP contribution in [0.25, 0.3) is 0 Å². The first kappa shape index (κ1) is 13.4. The van der Waals surface area contributed by atoms with Crippen molar-refractivity contribution in [2.24, 2.45) is 0 Å². The van der Waals surface area contributed by atoms with Crippen LogP contribution in [0.2, 0.25) is 5.02 Å². The third-order valence-electron chi connectivity index (χ3n) is 2.61. The molecule has 3 nitrogen and oxygen atoms in total. The smallest absolute Gasteiger partial charge is 0.251 e. The lowest BCUT2D eigenvalue weighted by molar-refractivity contribution is 0.0950. The molecular formula is C14H11ClFNO2. The van der Waals surface area contributed by atoms with Crippen LogP contribution < -0.4 is 5.32 Å². The lowest BCUT2D eigenvalue weighted by atomic mass is 10.2. The molecular weight excluding hydrogens is 269 g/mol. The van der Waals surface area contributed by atoms with Crippen LogP contribution >= 0.6 is 11.6 Å². The van der Waals surface area contributed by atoms with Gasteiger partial charge < -0.3 is 10.4 Å². The largest absolute Gasteiger partial charge is 0.506 e. The Kier molecular flexibility index (Phi) is 4.02. The van der Waals surface area contributed by atoms with E-state index in [4.69, 9.17) is 11.6 Å². The number of halogens is 2. The summed E-state index contributed by atoms with van der Waals surface area (Å²) in [5, 5.41) is 11.9. The monoisotopic (exact) mass is 279 g/mol. The summed E-state index contributed by atoms with van der Waals surface area (Å²) in [6.07, 6.45) is 0. The van der Waals surface area contributed by atoms with Gasteiger partial charge in [-0.3, -0.25) is 4.79 Å². The molecule has 0 radical (unpaired) electrons. The molecule has 0 atom stereocenters. The van der Waals surface area contributed by atoms with Crippen molar-refractivity contribution in [1.29, 1.82) is 0 Å². The van der Waals surface area contributed by atoms with E-state index in [1.54, 1.807) is 18.2 Å². The molecule has 0 saturated carbocycles. The molecule has 1 amide bonds. The van der Waals surface area contributed by atoms with Gasteiger partial charge in [-0.2, -0.15) is 0 Å². The van der Waals surface area contributed by atoms with Crippen molar-refractivity contribution in [3.05, 3.63) is 64.4 Å². The van der Waals surface area contributed by atoms with Gasteiger partial charge in [0.2, 0.25) is 0 Å². The van der Waals surface area contributed by atoms with Gasteiger partial charge >= 0.3 is 0 Å². The third kappa shape index (κ3) is 3.23. The summed E-state index contributed by atoms with van der Waals surface area (Å²) in [6.45, 7) is 0.0873. The average molecular weight is 280 g/mol. The van der Waals surface area contributed by atoms with E-state index in [0.29, 0.717) is 11.1 Å². The quantitative estimate of drug-likeness (QED) is 0.907. The van der Waals surface area contributed by atoms with Crippen LogP contribution in [-0.4, -0.2) is 11.0 Å². The highest BCUT2D eigenvalue weighted by Gasteiger charge is 2.09. The van der Waals surface area contributed by atoms with Crippen molar-refractivity contribution in [2.45, 2.75) is 6.54 Å². The number of carbonyl (C=O) groups is 1. The minimum atomic E-state index is -0.384. The number of amides is 1. The van der Waals surface area contributed by atoms with E-state index < -0.39 is 0 Å². The maximum atomic E-state index is 13.4. The van der Waals surface area contributed by atoms with Crippen LogP contribution in [0.5, 0.6) is 5.75 Å². The zero-order chi connectivity index (χ0) is 13.8.